The zero-order valence-electron chi connectivity index (χ0n) is 14.0. The highest BCUT2D eigenvalue weighted by Gasteiger charge is 2.27. The SMILES string of the molecule is CC(=O)N(c1ccccc1)c1nc([C@@H]2NC(=O)c3ccccc3N2)cs1. The van der Waals surface area contributed by atoms with E-state index in [1.165, 1.54) is 18.3 Å². The van der Waals surface area contributed by atoms with E-state index in [9.17, 15) is 9.59 Å². The van der Waals surface area contributed by atoms with E-state index in [-0.39, 0.29) is 11.8 Å². The van der Waals surface area contributed by atoms with Crippen molar-refractivity contribution in [2.75, 3.05) is 10.2 Å². The highest BCUT2D eigenvalue weighted by molar-refractivity contribution is 7.14. The van der Waals surface area contributed by atoms with Gasteiger partial charge in [-0.2, -0.15) is 0 Å². The van der Waals surface area contributed by atoms with Crippen molar-refractivity contribution in [1.29, 1.82) is 0 Å². The Kier molecular flexibility index (Phi) is 4.14. The highest BCUT2D eigenvalue weighted by atomic mass is 32.1. The number of rotatable bonds is 3. The summed E-state index contributed by atoms with van der Waals surface area (Å²) in [4.78, 5) is 30.6. The summed E-state index contributed by atoms with van der Waals surface area (Å²) in [6, 6.07) is 16.7. The van der Waals surface area contributed by atoms with Crippen LogP contribution in [0.5, 0.6) is 0 Å². The van der Waals surface area contributed by atoms with E-state index in [0.29, 0.717) is 16.4 Å². The Hall–Kier alpha value is -3.19. The third-order valence-electron chi connectivity index (χ3n) is 4.07. The number of fused-ring (bicyclic) bond motifs is 1. The van der Waals surface area contributed by atoms with Gasteiger partial charge >= 0.3 is 0 Å². The molecule has 0 unspecified atom stereocenters. The van der Waals surface area contributed by atoms with E-state index in [1.807, 2.05) is 53.9 Å². The molecule has 0 bridgehead atoms. The summed E-state index contributed by atoms with van der Waals surface area (Å²) in [5.74, 6) is -0.270. The van der Waals surface area contributed by atoms with Crippen LogP contribution in [-0.4, -0.2) is 16.8 Å². The van der Waals surface area contributed by atoms with E-state index in [4.69, 9.17) is 0 Å². The summed E-state index contributed by atoms with van der Waals surface area (Å²) in [7, 11) is 0. The highest BCUT2D eigenvalue weighted by Crippen LogP contribution is 2.32. The third kappa shape index (κ3) is 2.93. The van der Waals surface area contributed by atoms with Gasteiger partial charge in [-0.05, 0) is 24.3 Å². The molecule has 0 saturated carbocycles. The number of benzene rings is 2. The molecule has 1 aromatic heterocycles. The minimum absolute atomic E-state index is 0.122. The molecular weight excluding hydrogens is 348 g/mol. The smallest absolute Gasteiger partial charge is 0.255 e. The van der Waals surface area contributed by atoms with Gasteiger partial charge in [0.2, 0.25) is 5.91 Å². The molecule has 1 aliphatic heterocycles. The van der Waals surface area contributed by atoms with Gasteiger partial charge in [0, 0.05) is 18.0 Å². The van der Waals surface area contributed by atoms with Crippen LogP contribution < -0.4 is 15.5 Å². The van der Waals surface area contributed by atoms with Gasteiger partial charge in [-0.15, -0.1) is 11.3 Å². The van der Waals surface area contributed by atoms with Gasteiger partial charge in [0.1, 0.15) is 6.17 Å². The average molecular weight is 364 g/mol. The zero-order chi connectivity index (χ0) is 18.1. The summed E-state index contributed by atoms with van der Waals surface area (Å²) in [5, 5.41) is 8.59. The van der Waals surface area contributed by atoms with Gasteiger partial charge in [0.05, 0.1) is 16.9 Å². The van der Waals surface area contributed by atoms with Crippen molar-refractivity contribution < 1.29 is 9.59 Å². The lowest BCUT2D eigenvalue weighted by Gasteiger charge is -2.26. The lowest BCUT2D eigenvalue weighted by Crippen LogP contribution is -2.38. The number of hydrogen-bond acceptors (Lipinski definition) is 5. The van der Waals surface area contributed by atoms with Crippen molar-refractivity contribution >= 4 is 39.7 Å². The van der Waals surface area contributed by atoms with Gasteiger partial charge in [-0.1, -0.05) is 30.3 Å². The summed E-state index contributed by atoms with van der Waals surface area (Å²) >= 11 is 1.36. The number of nitrogens with one attached hydrogen (secondary N) is 2. The molecule has 0 aliphatic carbocycles. The van der Waals surface area contributed by atoms with Crippen LogP contribution in [0.2, 0.25) is 0 Å². The molecule has 7 heteroatoms. The van der Waals surface area contributed by atoms with Crippen LogP contribution in [0.15, 0.2) is 60.0 Å². The lowest BCUT2D eigenvalue weighted by molar-refractivity contribution is -0.115. The quantitative estimate of drug-likeness (QED) is 0.743. The number of nitrogens with zero attached hydrogens (tertiary/aromatic N) is 2. The van der Waals surface area contributed by atoms with Crippen molar-refractivity contribution in [2.24, 2.45) is 0 Å². The van der Waals surface area contributed by atoms with Crippen LogP contribution in [0, 0.1) is 0 Å². The molecule has 0 spiro atoms. The Labute approximate surface area is 154 Å². The Morgan fingerprint density at radius 3 is 2.58 bits per heavy atom. The molecule has 130 valence electrons. The van der Waals surface area contributed by atoms with Crippen molar-refractivity contribution in [3.8, 4) is 0 Å². The predicted molar refractivity (Wildman–Crippen MR) is 102 cm³/mol. The number of amides is 2. The summed E-state index contributed by atoms with van der Waals surface area (Å²) in [5.41, 5.74) is 2.79. The van der Waals surface area contributed by atoms with Crippen LogP contribution in [0.3, 0.4) is 0 Å². The first kappa shape index (κ1) is 16.3. The Morgan fingerprint density at radius 1 is 1.08 bits per heavy atom. The standard InChI is InChI=1S/C19H16N4O2S/c1-12(24)23(13-7-3-2-4-8-13)19-21-16(11-26-19)17-20-15-10-6-5-9-14(15)18(25)22-17/h2-11,17,20H,1H3,(H,22,25)/t17-/m0/s1. The normalized spacial score (nSPS) is 15.6. The Balaban J connectivity index is 1.64. The Morgan fingerprint density at radius 2 is 1.81 bits per heavy atom. The molecular formula is C19H16N4O2S. The van der Waals surface area contributed by atoms with Crippen molar-refractivity contribution in [2.45, 2.75) is 13.1 Å². The second-order valence-electron chi connectivity index (χ2n) is 5.84. The number of aromatic nitrogens is 1. The van der Waals surface area contributed by atoms with Crippen LogP contribution in [-0.2, 0) is 4.79 Å². The van der Waals surface area contributed by atoms with E-state index >= 15 is 0 Å². The lowest BCUT2D eigenvalue weighted by atomic mass is 10.1. The Bertz CT molecular complexity index is 970. The zero-order valence-corrected chi connectivity index (χ0v) is 14.8. The molecule has 2 N–H and O–H groups in total. The second-order valence-corrected chi connectivity index (χ2v) is 6.68. The van der Waals surface area contributed by atoms with Crippen molar-refractivity contribution in [3.05, 3.63) is 71.2 Å². The van der Waals surface area contributed by atoms with Crippen molar-refractivity contribution in [3.63, 3.8) is 0 Å². The molecule has 1 aliphatic rings. The first-order valence-corrected chi connectivity index (χ1v) is 8.99. The van der Waals surface area contributed by atoms with Gasteiger partial charge in [-0.25, -0.2) is 4.98 Å². The van der Waals surface area contributed by atoms with Crippen LogP contribution in [0.1, 0.15) is 29.1 Å². The molecule has 3 aromatic rings. The van der Waals surface area contributed by atoms with Gasteiger partial charge in [-0.3, -0.25) is 14.5 Å². The third-order valence-corrected chi connectivity index (χ3v) is 4.92. The number of para-hydroxylation sites is 2. The topological polar surface area (TPSA) is 74.3 Å². The maximum absolute atomic E-state index is 12.3. The van der Waals surface area contributed by atoms with Crippen LogP contribution >= 0.6 is 11.3 Å². The minimum atomic E-state index is -0.438. The molecule has 4 rings (SSSR count). The number of carbonyl (C=O) groups excluding carboxylic acids is 2. The molecule has 26 heavy (non-hydrogen) atoms. The average Bonchev–Trinajstić information content (AvgIpc) is 3.12. The molecule has 1 atom stereocenters. The van der Waals surface area contributed by atoms with Crippen molar-refractivity contribution in [1.82, 2.24) is 10.3 Å². The molecule has 2 heterocycles. The monoisotopic (exact) mass is 364 g/mol. The molecule has 0 radical (unpaired) electrons. The maximum Gasteiger partial charge on any atom is 0.255 e. The summed E-state index contributed by atoms with van der Waals surface area (Å²) in [6.45, 7) is 1.50. The predicted octanol–water partition coefficient (Wildman–Crippen LogP) is 3.68. The number of carbonyl (C=O) groups is 2. The molecule has 6 nitrogen and oxygen atoms in total. The fraction of sp³-hybridized carbons (Fsp3) is 0.105. The summed E-state index contributed by atoms with van der Waals surface area (Å²) < 4.78 is 0. The van der Waals surface area contributed by atoms with E-state index < -0.39 is 6.17 Å². The van der Waals surface area contributed by atoms with E-state index in [0.717, 1.165) is 11.4 Å². The largest absolute Gasteiger partial charge is 0.360 e. The van der Waals surface area contributed by atoms with Crippen LogP contribution in [0.25, 0.3) is 0 Å². The fourth-order valence-electron chi connectivity index (χ4n) is 2.87. The molecule has 2 aromatic carbocycles. The number of hydrogen-bond donors (Lipinski definition) is 2. The number of thiazole rings is 1. The fourth-order valence-corrected chi connectivity index (χ4v) is 3.78. The maximum atomic E-state index is 12.3. The molecule has 0 saturated heterocycles. The van der Waals surface area contributed by atoms with E-state index in [2.05, 4.69) is 15.6 Å². The first-order chi connectivity index (χ1) is 12.6. The second kappa shape index (κ2) is 6.61. The minimum Gasteiger partial charge on any atom is -0.360 e. The van der Waals surface area contributed by atoms with E-state index in [1.54, 1.807) is 11.0 Å². The van der Waals surface area contributed by atoms with Gasteiger partial charge < -0.3 is 10.6 Å². The van der Waals surface area contributed by atoms with Gasteiger partial charge in [0.25, 0.3) is 5.91 Å². The number of anilines is 3. The summed E-state index contributed by atoms with van der Waals surface area (Å²) in [6.07, 6.45) is -0.438. The van der Waals surface area contributed by atoms with Crippen LogP contribution in [0.4, 0.5) is 16.5 Å². The first-order valence-electron chi connectivity index (χ1n) is 8.11. The van der Waals surface area contributed by atoms with Gasteiger partial charge in [0.15, 0.2) is 5.13 Å². The molecule has 0 fully saturated rings. The molecule has 2 amide bonds.